The summed E-state index contributed by atoms with van der Waals surface area (Å²) in [5, 5.41) is 2.40. The van der Waals surface area contributed by atoms with E-state index in [-0.39, 0.29) is 0 Å². The number of ether oxygens (including phenoxy) is 2. The van der Waals surface area contributed by atoms with Crippen molar-refractivity contribution in [2.75, 3.05) is 13.7 Å². The second kappa shape index (κ2) is 5.13. The maximum atomic E-state index is 5.62. The highest BCUT2D eigenvalue weighted by molar-refractivity contribution is 6.08. The van der Waals surface area contributed by atoms with Crippen LogP contribution in [-0.4, -0.2) is 23.3 Å². The third kappa shape index (κ3) is 1.93. The SMILES string of the molecule is CCOCn1c2cc(OC)ccc2c2ccnc(C)c21. The molecule has 1 aromatic carbocycles. The van der Waals surface area contributed by atoms with E-state index in [0.717, 1.165) is 22.5 Å². The minimum absolute atomic E-state index is 0.524. The third-order valence-electron chi connectivity index (χ3n) is 3.59. The molecule has 4 nitrogen and oxygen atoms in total. The number of rotatable bonds is 4. The monoisotopic (exact) mass is 270 g/mol. The topological polar surface area (TPSA) is 36.3 Å². The van der Waals surface area contributed by atoms with Crippen molar-refractivity contribution in [3.8, 4) is 5.75 Å². The summed E-state index contributed by atoms with van der Waals surface area (Å²) < 4.78 is 13.1. The van der Waals surface area contributed by atoms with Crippen molar-refractivity contribution in [2.45, 2.75) is 20.6 Å². The van der Waals surface area contributed by atoms with Gasteiger partial charge in [0, 0.05) is 29.6 Å². The van der Waals surface area contributed by atoms with Crippen LogP contribution in [0.25, 0.3) is 21.8 Å². The molecular formula is C16H18N2O2. The number of aryl methyl sites for hydroxylation is 1. The van der Waals surface area contributed by atoms with Gasteiger partial charge in [-0.25, -0.2) is 0 Å². The van der Waals surface area contributed by atoms with Crippen LogP contribution in [0.5, 0.6) is 5.75 Å². The molecule has 0 saturated carbocycles. The first-order chi connectivity index (χ1) is 9.76. The molecule has 0 aliphatic carbocycles. The van der Waals surface area contributed by atoms with Crippen LogP contribution in [0, 0.1) is 6.92 Å². The summed E-state index contributed by atoms with van der Waals surface area (Å²) in [5.74, 6) is 0.851. The lowest BCUT2D eigenvalue weighted by Gasteiger charge is -2.09. The van der Waals surface area contributed by atoms with Gasteiger partial charge in [0.25, 0.3) is 0 Å². The number of methoxy groups -OCH3 is 1. The van der Waals surface area contributed by atoms with Crippen LogP contribution in [0.4, 0.5) is 0 Å². The normalized spacial score (nSPS) is 11.3. The molecule has 0 N–H and O–H groups in total. The van der Waals surface area contributed by atoms with Gasteiger partial charge in [-0.05, 0) is 32.0 Å². The number of aromatic nitrogens is 2. The fourth-order valence-electron chi connectivity index (χ4n) is 2.64. The van der Waals surface area contributed by atoms with Crippen LogP contribution >= 0.6 is 0 Å². The predicted molar refractivity (Wildman–Crippen MR) is 80.2 cm³/mol. The molecule has 3 rings (SSSR count). The Kier molecular flexibility index (Phi) is 3.32. The maximum absolute atomic E-state index is 5.62. The van der Waals surface area contributed by atoms with E-state index in [2.05, 4.69) is 21.7 Å². The molecule has 20 heavy (non-hydrogen) atoms. The van der Waals surface area contributed by atoms with Crippen molar-refractivity contribution in [1.82, 2.24) is 9.55 Å². The van der Waals surface area contributed by atoms with E-state index in [0.29, 0.717) is 13.3 Å². The zero-order chi connectivity index (χ0) is 14.1. The second-order valence-electron chi connectivity index (χ2n) is 4.73. The summed E-state index contributed by atoms with van der Waals surface area (Å²) in [6, 6.07) is 8.19. The van der Waals surface area contributed by atoms with Crippen molar-refractivity contribution in [3.63, 3.8) is 0 Å². The minimum atomic E-state index is 0.524. The number of nitrogens with zero attached hydrogens (tertiary/aromatic N) is 2. The average Bonchev–Trinajstić information content (AvgIpc) is 2.79. The summed E-state index contributed by atoms with van der Waals surface area (Å²) in [7, 11) is 1.68. The first kappa shape index (κ1) is 12.9. The highest BCUT2D eigenvalue weighted by Gasteiger charge is 2.13. The predicted octanol–water partition coefficient (Wildman–Crippen LogP) is 3.50. The van der Waals surface area contributed by atoms with Gasteiger partial charge >= 0.3 is 0 Å². The van der Waals surface area contributed by atoms with E-state index in [4.69, 9.17) is 9.47 Å². The molecule has 2 aromatic heterocycles. The zero-order valence-electron chi connectivity index (χ0n) is 12.0. The van der Waals surface area contributed by atoms with Crippen LogP contribution in [0.3, 0.4) is 0 Å². The van der Waals surface area contributed by atoms with Gasteiger partial charge in [0.15, 0.2) is 0 Å². The largest absolute Gasteiger partial charge is 0.497 e. The van der Waals surface area contributed by atoms with Gasteiger partial charge in [-0.3, -0.25) is 4.98 Å². The van der Waals surface area contributed by atoms with Crippen molar-refractivity contribution in [1.29, 1.82) is 0 Å². The molecule has 0 bridgehead atoms. The van der Waals surface area contributed by atoms with Crippen molar-refractivity contribution < 1.29 is 9.47 Å². The molecule has 0 aliphatic rings. The first-order valence-electron chi connectivity index (χ1n) is 6.75. The van der Waals surface area contributed by atoms with E-state index in [1.807, 2.05) is 32.2 Å². The van der Waals surface area contributed by atoms with E-state index < -0.39 is 0 Å². The number of hydrogen-bond acceptors (Lipinski definition) is 3. The molecule has 3 aromatic rings. The van der Waals surface area contributed by atoms with E-state index in [1.54, 1.807) is 7.11 Å². The number of benzene rings is 1. The van der Waals surface area contributed by atoms with Gasteiger partial charge < -0.3 is 14.0 Å². The van der Waals surface area contributed by atoms with Gasteiger partial charge in [0.2, 0.25) is 0 Å². The molecule has 0 aliphatic heterocycles. The van der Waals surface area contributed by atoms with Gasteiger partial charge in [-0.2, -0.15) is 0 Å². The molecule has 0 atom stereocenters. The Bertz CT molecular complexity index is 762. The number of pyridine rings is 1. The van der Waals surface area contributed by atoms with Crippen molar-refractivity contribution >= 4 is 21.8 Å². The number of hydrogen-bond donors (Lipinski definition) is 0. The van der Waals surface area contributed by atoms with E-state index in [1.165, 1.54) is 10.8 Å². The van der Waals surface area contributed by atoms with Crippen molar-refractivity contribution in [3.05, 3.63) is 36.2 Å². The Labute approximate surface area is 117 Å². The molecule has 0 amide bonds. The molecule has 0 fully saturated rings. The van der Waals surface area contributed by atoms with E-state index >= 15 is 0 Å². The van der Waals surface area contributed by atoms with Crippen molar-refractivity contribution in [2.24, 2.45) is 0 Å². The fraction of sp³-hybridized carbons (Fsp3) is 0.312. The summed E-state index contributed by atoms with van der Waals surface area (Å²) in [6.07, 6.45) is 1.85. The summed E-state index contributed by atoms with van der Waals surface area (Å²) >= 11 is 0. The van der Waals surface area contributed by atoms with Gasteiger partial charge in [-0.15, -0.1) is 0 Å². The maximum Gasteiger partial charge on any atom is 0.123 e. The molecule has 0 radical (unpaired) electrons. The number of fused-ring (bicyclic) bond motifs is 3. The molecule has 0 unspecified atom stereocenters. The minimum Gasteiger partial charge on any atom is -0.497 e. The molecule has 104 valence electrons. The summed E-state index contributed by atoms with van der Waals surface area (Å²) in [6.45, 7) is 5.24. The van der Waals surface area contributed by atoms with Gasteiger partial charge in [0.05, 0.1) is 23.8 Å². The summed E-state index contributed by atoms with van der Waals surface area (Å²) in [4.78, 5) is 4.41. The standard InChI is InChI=1S/C16H18N2O2/c1-4-20-10-18-15-9-12(19-3)5-6-13(15)14-7-8-17-11(2)16(14)18/h5-9H,4,10H2,1-3H3. The first-order valence-corrected chi connectivity index (χ1v) is 6.75. The van der Waals surface area contributed by atoms with E-state index in [9.17, 15) is 0 Å². The second-order valence-corrected chi connectivity index (χ2v) is 4.73. The fourth-order valence-corrected chi connectivity index (χ4v) is 2.64. The highest BCUT2D eigenvalue weighted by atomic mass is 16.5. The highest BCUT2D eigenvalue weighted by Crippen LogP contribution is 2.32. The Hall–Kier alpha value is -2.07. The quantitative estimate of drug-likeness (QED) is 0.728. The molecular weight excluding hydrogens is 252 g/mol. The zero-order valence-corrected chi connectivity index (χ0v) is 12.0. The Morgan fingerprint density at radius 1 is 1.20 bits per heavy atom. The van der Waals surface area contributed by atoms with Gasteiger partial charge in [0.1, 0.15) is 12.5 Å². The Morgan fingerprint density at radius 2 is 2.05 bits per heavy atom. The van der Waals surface area contributed by atoms with Crippen LogP contribution in [0.15, 0.2) is 30.5 Å². The van der Waals surface area contributed by atoms with Crippen LogP contribution in [0.1, 0.15) is 12.6 Å². The van der Waals surface area contributed by atoms with Crippen LogP contribution in [-0.2, 0) is 11.5 Å². The Morgan fingerprint density at radius 3 is 2.80 bits per heavy atom. The lowest BCUT2D eigenvalue weighted by Crippen LogP contribution is -2.03. The lowest BCUT2D eigenvalue weighted by molar-refractivity contribution is 0.0935. The Balaban J connectivity index is 2.37. The smallest absolute Gasteiger partial charge is 0.123 e. The van der Waals surface area contributed by atoms with Crippen LogP contribution in [0.2, 0.25) is 0 Å². The molecule has 0 saturated heterocycles. The van der Waals surface area contributed by atoms with Gasteiger partial charge in [-0.1, -0.05) is 0 Å². The summed E-state index contributed by atoms with van der Waals surface area (Å²) in [5.41, 5.74) is 3.26. The average molecular weight is 270 g/mol. The molecule has 4 heteroatoms. The molecule has 0 spiro atoms. The third-order valence-corrected chi connectivity index (χ3v) is 3.59. The lowest BCUT2D eigenvalue weighted by atomic mass is 10.1. The van der Waals surface area contributed by atoms with Crippen LogP contribution < -0.4 is 4.74 Å². The molecule has 2 heterocycles.